The maximum absolute atomic E-state index is 13.2. The Morgan fingerprint density at radius 2 is 1.61 bits per heavy atom. The van der Waals surface area contributed by atoms with Crippen molar-refractivity contribution in [2.75, 3.05) is 5.32 Å². The van der Waals surface area contributed by atoms with E-state index in [9.17, 15) is 9.59 Å². The molecule has 0 unspecified atom stereocenters. The highest BCUT2D eigenvalue weighted by Gasteiger charge is 2.62. The second kappa shape index (κ2) is 6.85. The summed E-state index contributed by atoms with van der Waals surface area (Å²) in [6.45, 7) is 8.96. The molecule has 0 bridgehead atoms. The molecule has 4 heterocycles. The molecule has 3 aliphatic rings. The molecular formula is C22H25NO8. The summed E-state index contributed by atoms with van der Waals surface area (Å²) in [5.41, 5.74) is 1.21. The first-order chi connectivity index (χ1) is 14.5. The molecule has 5 rings (SSSR count). The van der Waals surface area contributed by atoms with E-state index in [1.165, 1.54) is 6.07 Å². The highest BCUT2D eigenvalue weighted by molar-refractivity contribution is 5.96. The van der Waals surface area contributed by atoms with Crippen molar-refractivity contribution in [2.24, 2.45) is 0 Å². The van der Waals surface area contributed by atoms with Gasteiger partial charge >= 0.3 is 5.63 Å². The van der Waals surface area contributed by atoms with E-state index in [4.69, 9.17) is 28.1 Å². The number of fused-ring (bicyclic) bond motifs is 4. The van der Waals surface area contributed by atoms with E-state index in [1.807, 2.05) is 6.92 Å². The summed E-state index contributed by atoms with van der Waals surface area (Å²) in [5, 5.41) is 3.62. The molecule has 0 radical (unpaired) electrons. The molecule has 5 atom stereocenters. The number of anilines is 1. The summed E-state index contributed by atoms with van der Waals surface area (Å²) < 4.78 is 35.1. The fourth-order valence-electron chi connectivity index (χ4n) is 4.44. The van der Waals surface area contributed by atoms with Crippen molar-refractivity contribution >= 4 is 22.6 Å². The molecule has 3 fully saturated rings. The van der Waals surface area contributed by atoms with Gasteiger partial charge in [-0.1, -0.05) is 0 Å². The van der Waals surface area contributed by atoms with E-state index in [0.29, 0.717) is 11.3 Å². The number of aryl methyl sites for hydroxylation is 1. The van der Waals surface area contributed by atoms with Crippen LogP contribution in [0.15, 0.2) is 33.5 Å². The average molecular weight is 431 g/mol. The number of ether oxygens (including phenoxy) is 5. The van der Waals surface area contributed by atoms with E-state index in [2.05, 4.69) is 5.32 Å². The van der Waals surface area contributed by atoms with Crippen molar-refractivity contribution in [3.05, 3.63) is 40.2 Å². The van der Waals surface area contributed by atoms with Crippen LogP contribution in [0.4, 0.5) is 5.69 Å². The number of carbonyl (C=O) groups excluding carboxylic acids is 1. The lowest BCUT2D eigenvalue weighted by atomic mass is 9.98. The quantitative estimate of drug-likeness (QED) is 0.723. The molecule has 166 valence electrons. The molecule has 31 heavy (non-hydrogen) atoms. The second-order valence-corrected chi connectivity index (χ2v) is 9.04. The third-order valence-corrected chi connectivity index (χ3v) is 5.63. The highest BCUT2D eigenvalue weighted by atomic mass is 16.9. The molecule has 1 amide bonds. The first kappa shape index (κ1) is 20.6. The fourth-order valence-corrected chi connectivity index (χ4v) is 4.44. The molecule has 1 aromatic heterocycles. The van der Waals surface area contributed by atoms with Gasteiger partial charge in [0.05, 0.1) is 0 Å². The van der Waals surface area contributed by atoms with Gasteiger partial charge in [-0.25, -0.2) is 4.79 Å². The summed E-state index contributed by atoms with van der Waals surface area (Å²) in [6, 6.07) is 6.57. The zero-order chi connectivity index (χ0) is 22.1. The van der Waals surface area contributed by atoms with Gasteiger partial charge in [0.1, 0.15) is 23.9 Å². The Labute approximate surface area is 178 Å². The van der Waals surface area contributed by atoms with Crippen LogP contribution in [0.25, 0.3) is 11.0 Å². The number of carbonyl (C=O) groups is 1. The van der Waals surface area contributed by atoms with E-state index < -0.39 is 53.8 Å². The summed E-state index contributed by atoms with van der Waals surface area (Å²) >= 11 is 0. The van der Waals surface area contributed by atoms with E-state index in [-0.39, 0.29) is 0 Å². The van der Waals surface area contributed by atoms with Crippen molar-refractivity contribution < 1.29 is 32.9 Å². The Morgan fingerprint density at radius 1 is 0.935 bits per heavy atom. The summed E-state index contributed by atoms with van der Waals surface area (Å²) in [6.07, 6.45) is -3.45. The lowest BCUT2D eigenvalue weighted by Crippen LogP contribution is -2.58. The summed E-state index contributed by atoms with van der Waals surface area (Å²) in [4.78, 5) is 24.9. The predicted molar refractivity (Wildman–Crippen MR) is 108 cm³/mol. The van der Waals surface area contributed by atoms with Gasteiger partial charge in [-0.15, -0.1) is 0 Å². The molecule has 9 heteroatoms. The average Bonchev–Trinajstić information content (AvgIpc) is 3.14. The maximum atomic E-state index is 13.2. The van der Waals surface area contributed by atoms with Crippen molar-refractivity contribution in [3.63, 3.8) is 0 Å². The van der Waals surface area contributed by atoms with Crippen molar-refractivity contribution in [1.82, 2.24) is 0 Å². The van der Waals surface area contributed by atoms with Crippen molar-refractivity contribution in [3.8, 4) is 0 Å². The van der Waals surface area contributed by atoms with Crippen LogP contribution in [0.1, 0.15) is 33.3 Å². The maximum Gasteiger partial charge on any atom is 0.336 e. The molecule has 0 aliphatic carbocycles. The topological polar surface area (TPSA) is 105 Å². The number of hydrogen-bond donors (Lipinski definition) is 1. The smallest absolute Gasteiger partial charge is 0.336 e. The number of benzene rings is 1. The highest BCUT2D eigenvalue weighted by Crippen LogP contribution is 2.44. The largest absolute Gasteiger partial charge is 0.423 e. The Kier molecular flexibility index (Phi) is 4.55. The Morgan fingerprint density at radius 3 is 2.39 bits per heavy atom. The number of nitrogens with one attached hydrogen (secondary N) is 1. The SMILES string of the molecule is Cc1cc(=O)oc2cc(NC(=O)[C@@H]3O[C@H]4OC(C)(C)O[C@H]4[C@@H]4OC(C)(C)O[C@@H]43)ccc12. The van der Waals surface area contributed by atoms with Gasteiger partial charge in [-0.05, 0) is 52.3 Å². The Balaban J connectivity index is 1.42. The molecule has 0 saturated carbocycles. The third-order valence-electron chi connectivity index (χ3n) is 5.63. The van der Waals surface area contributed by atoms with Gasteiger partial charge in [-0.2, -0.15) is 0 Å². The molecule has 3 aliphatic heterocycles. The van der Waals surface area contributed by atoms with Crippen LogP contribution < -0.4 is 10.9 Å². The third kappa shape index (κ3) is 3.66. The van der Waals surface area contributed by atoms with Crippen LogP contribution in [-0.2, 0) is 28.5 Å². The number of rotatable bonds is 2. The lowest BCUT2D eigenvalue weighted by molar-refractivity contribution is -0.229. The van der Waals surface area contributed by atoms with E-state index in [1.54, 1.807) is 45.9 Å². The number of amides is 1. The van der Waals surface area contributed by atoms with Gasteiger partial charge in [0.2, 0.25) is 0 Å². The van der Waals surface area contributed by atoms with Gasteiger partial charge in [0.25, 0.3) is 5.91 Å². The van der Waals surface area contributed by atoms with Gasteiger partial charge in [0, 0.05) is 23.2 Å². The minimum absolute atomic E-state index is 0.390. The molecule has 2 aromatic rings. The summed E-state index contributed by atoms with van der Waals surface area (Å²) in [7, 11) is 0. The van der Waals surface area contributed by atoms with Crippen LogP contribution in [0.2, 0.25) is 0 Å². The second-order valence-electron chi connectivity index (χ2n) is 9.04. The Bertz CT molecular complexity index is 1110. The van der Waals surface area contributed by atoms with Gasteiger partial charge < -0.3 is 33.4 Å². The Hall–Kier alpha value is -2.30. The molecule has 1 aromatic carbocycles. The van der Waals surface area contributed by atoms with Crippen LogP contribution in [0.3, 0.4) is 0 Å². The molecule has 1 N–H and O–H groups in total. The number of hydrogen-bond acceptors (Lipinski definition) is 8. The molecule has 9 nitrogen and oxygen atoms in total. The summed E-state index contributed by atoms with van der Waals surface area (Å²) in [5.74, 6) is -2.18. The first-order valence-corrected chi connectivity index (χ1v) is 10.2. The van der Waals surface area contributed by atoms with Crippen molar-refractivity contribution in [2.45, 2.75) is 76.9 Å². The fraction of sp³-hybridized carbons (Fsp3) is 0.545. The van der Waals surface area contributed by atoms with Gasteiger partial charge in [-0.3, -0.25) is 4.79 Å². The minimum atomic E-state index is -0.981. The van der Waals surface area contributed by atoms with Crippen LogP contribution >= 0.6 is 0 Å². The monoisotopic (exact) mass is 431 g/mol. The van der Waals surface area contributed by atoms with Crippen LogP contribution in [0, 0.1) is 6.92 Å². The standard InChI is InChI=1S/C22H25NO8/c1-10-8-14(24)26-13-9-11(6-7-12(10)13)23-19(25)17-15-16(29-21(2,3)28-15)18-20(27-17)31-22(4,5)30-18/h6-9,15-18,20H,1-5H3,(H,23,25)/t15-,16+,17+,18-,20-/m0/s1. The van der Waals surface area contributed by atoms with E-state index in [0.717, 1.165) is 10.9 Å². The minimum Gasteiger partial charge on any atom is -0.423 e. The zero-order valence-electron chi connectivity index (χ0n) is 18.0. The molecule has 0 spiro atoms. The molecule has 3 saturated heterocycles. The first-order valence-electron chi connectivity index (χ1n) is 10.2. The van der Waals surface area contributed by atoms with Crippen LogP contribution in [0.5, 0.6) is 0 Å². The predicted octanol–water partition coefficient (Wildman–Crippen LogP) is 2.44. The lowest BCUT2D eigenvalue weighted by Gasteiger charge is -2.36. The normalized spacial score (nSPS) is 33.1. The molecular weight excluding hydrogens is 406 g/mol. The van der Waals surface area contributed by atoms with Crippen LogP contribution in [-0.4, -0.2) is 48.2 Å². The van der Waals surface area contributed by atoms with E-state index >= 15 is 0 Å². The van der Waals surface area contributed by atoms with Gasteiger partial charge in [0.15, 0.2) is 24.0 Å². The van der Waals surface area contributed by atoms with Crippen molar-refractivity contribution in [1.29, 1.82) is 0 Å². The zero-order valence-corrected chi connectivity index (χ0v) is 18.0.